The summed E-state index contributed by atoms with van der Waals surface area (Å²) >= 11 is 13.0. The normalized spacial score (nSPS) is 12.6. The van der Waals surface area contributed by atoms with Gasteiger partial charge in [-0.05, 0) is 55.5 Å². The number of carbonyl (C=O) groups is 2. The summed E-state index contributed by atoms with van der Waals surface area (Å²) in [6.45, 7) is 1.59. The number of ether oxygens (including phenoxy) is 2. The van der Waals surface area contributed by atoms with Gasteiger partial charge in [-0.3, -0.25) is 18.4 Å². The molecule has 8 rings (SSSR count). The first-order valence-corrected chi connectivity index (χ1v) is 21.0. The molecule has 0 saturated heterocycles. The fourth-order valence-corrected chi connectivity index (χ4v) is 8.06. The number of anilines is 6. The Kier molecular flexibility index (Phi) is 12.4. The van der Waals surface area contributed by atoms with Gasteiger partial charge in [-0.1, -0.05) is 23.2 Å². The topological polar surface area (TPSA) is 199 Å². The van der Waals surface area contributed by atoms with Crippen LogP contribution in [0.1, 0.15) is 6.92 Å². The molecule has 8 aromatic rings. The van der Waals surface area contributed by atoms with Crippen LogP contribution in [0.2, 0.25) is 10.0 Å². The number of imidazole rings is 2. The zero-order valence-corrected chi connectivity index (χ0v) is 38.5. The van der Waals surface area contributed by atoms with Crippen LogP contribution in [0.25, 0.3) is 34.1 Å². The molecule has 67 heavy (non-hydrogen) atoms. The first kappa shape index (κ1) is 45.7. The minimum atomic E-state index is -1.71. The number of nitrogens with one attached hydrogen (secondary N) is 2. The molecule has 2 unspecified atom stereocenters. The average Bonchev–Trinajstić information content (AvgIpc) is 3.96. The second-order valence-corrected chi connectivity index (χ2v) is 16.3. The lowest BCUT2D eigenvalue weighted by Crippen LogP contribution is -2.70. The zero-order chi connectivity index (χ0) is 47.9. The third-order valence-electron chi connectivity index (χ3n) is 11.4. The van der Waals surface area contributed by atoms with Crippen LogP contribution >= 0.6 is 23.2 Å². The summed E-state index contributed by atoms with van der Waals surface area (Å²) in [4.78, 5) is 59.1. The van der Waals surface area contributed by atoms with Crippen LogP contribution < -0.4 is 35.6 Å². The number of hydrogen-bond acceptors (Lipinski definition) is 14. The molecule has 2 amide bonds. The highest BCUT2D eigenvalue weighted by Gasteiger charge is 2.51. The van der Waals surface area contributed by atoms with E-state index in [1.54, 1.807) is 106 Å². The lowest BCUT2D eigenvalue weighted by atomic mass is 9.86. The van der Waals surface area contributed by atoms with Gasteiger partial charge in [0.1, 0.15) is 34.5 Å². The highest BCUT2D eigenvalue weighted by Crippen LogP contribution is 2.39. The molecule has 18 nitrogen and oxygen atoms in total. The van der Waals surface area contributed by atoms with Gasteiger partial charge in [0.25, 0.3) is 0 Å². The Balaban J connectivity index is 1.08. The van der Waals surface area contributed by atoms with Crippen molar-refractivity contribution in [2.45, 2.75) is 18.5 Å². The molecule has 0 aliphatic heterocycles. The molecule has 0 aliphatic carbocycles. The molecule has 2 aromatic carbocycles. The predicted molar refractivity (Wildman–Crippen MR) is 252 cm³/mol. The summed E-state index contributed by atoms with van der Waals surface area (Å²) in [5.41, 5.74) is 8.14. The zero-order valence-electron chi connectivity index (χ0n) is 37.0. The van der Waals surface area contributed by atoms with Crippen molar-refractivity contribution < 1.29 is 27.8 Å². The number of fused-ring (bicyclic) bond motifs is 2. The smallest absolute Gasteiger partial charge is 0.247 e. The Hall–Kier alpha value is -7.84. The molecule has 0 aliphatic rings. The summed E-state index contributed by atoms with van der Waals surface area (Å²) in [6, 6.07) is 14.7. The number of carbonyl (C=O) groups excluding carboxylic acids is 2. The van der Waals surface area contributed by atoms with E-state index in [1.807, 2.05) is 0 Å². The van der Waals surface area contributed by atoms with Crippen LogP contribution in [0.5, 0.6) is 11.5 Å². The number of nitrogens with zero attached hydrogens (tertiary/aromatic N) is 11. The number of nitrogens with two attached hydrogens (primary N) is 1. The Morgan fingerprint density at radius 2 is 1.18 bits per heavy atom. The van der Waals surface area contributed by atoms with Gasteiger partial charge in [0.2, 0.25) is 23.7 Å². The number of likely N-dealkylation sites (N-methyl/N-ethyl adjacent to an activating group) is 3. The van der Waals surface area contributed by atoms with Gasteiger partial charge in [0.05, 0.1) is 71.8 Å². The molecule has 0 spiro atoms. The number of aromatic nitrogens is 8. The van der Waals surface area contributed by atoms with Crippen molar-refractivity contribution in [3.8, 4) is 34.3 Å². The Labute approximate surface area is 391 Å². The first-order valence-electron chi connectivity index (χ1n) is 20.2. The lowest BCUT2D eigenvalue weighted by Gasteiger charge is -2.47. The van der Waals surface area contributed by atoms with Gasteiger partial charge >= 0.3 is 0 Å². The SMILES string of the molecule is COc1cc(N(C)C(C(=O)N(C)C)C(C)(C(N)=O)N(C)c2ccc(Nc3ncc(Cl)c(-c4cnc5c(F)cccn45)n3)c(OC)c2)ccc1Nc1ncc(Cl)c(-c2cnc3c(F)cccn23)n1. The van der Waals surface area contributed by atoms with Crippen LogP contribution in [-0.2, 0) is 9.59 Å². The number of methoxy groups -OCH3 is 2. The van der Waals surface area contributed by atoms with Gasteiger partial charge in [0.15, 0.2) is 22.9 Å². The van der Waals surface area contributed by atoms with E-state index in [4.69, 9.17) is 38.4 Å². The van der Waals surface area contributed by atoms with Gasteiger partial charge in [-0.25, -0.2) is 38.7 Å². The summed E-state index contributed by atoms with van der Waals surface area (Å²) in [5.74, 6) is -1.28. The Morgan fingerprint density at radius 1 is 0.716 bits per heavy atom. The Bertz CT molecular complexity index is 3210. The second kappa shape index (κ2) is 18.2. The maximum Gasteiger partial charge on any atom is 0.247 e. The Morgan fingerprint density at radius 3 is 1.63 bits per heavy atom. The number of hydrogen-bond donors (Lipinski definition) is 3. The largest absolute Gasteiger partial charge is 0.494 e. The molecule has 6 aromatic heterocycles. The predicted octanol–water partition coefficient (Wildman–Crippen LogP) is 7.26. The molecule has 4 N–H and O–H groups in total. The van der Waals surface area contributed by atoms with E-state index in [0.717, 1.165) is 0 Å². The summed E-state index contributed by atoms with van der Waals surface area (Å²) < 4.78 is 43.6. The minimum absolute atomic E-state index is 0.111. The maximum absolute atomic E-state index is 14.5. The van der Waals surface area contributed by atoms with Crippen LogP contribution in [0.15, 0.2) is 97.8 Å². The van der Waals surface area contributed by atoms with Crippen molar-refractivity contribution in [2.24, 2.45) is 5.73 Å². The van der Waals surface area contributed by atoms with Crippen molar-refractivity contribution in [3.05, 3.63) is 120 Å². The fourth-order valence-electron chi connectivity index (χ4n) is 7.68. The molecule has 6 heterocycles. The molecular formula is C45H42Cl2F2N14O4. The van der Waals surface area contributed by atoms with Crippen molar-refractivity contribution in [1.82, 2.24) is 43.6 Å². The summed E-state index contributed by atoms with van der Waals surface area (Å²) in [7, 11) is 9.45. The molecule has 344 valence electrons. The fraction of sp³-hybridized carbons (Fsp3) is 0.200. The van der Waals surface area contributed by atoms with Crippen molar-refractivity contribution in [3.63, 3.8) is 0 Å². The maximum atomic E-state index is 14.5. The van der Waals surface area contributed by atoms with E-state index >= 15 is 0 Å². The highest BCUT2D eigenvalue weighted by molar-refractivity contribution is 6.33. The van der Waals surface area contributed by atoms with Crippen molar-refractivity contribution in [2.75, 3.05) is 62.8 Å². The first-order chi connectivity index (χ1) is 32.0. The van der Waals surface area contributed by atoms with E-state index in [-0.39, 0.29) is 33.2 Å². The van der Waals surface area contributed by atoms with E-state index < -0.39 is 35.0 Å². The third kappa shape index (κ3) is 8.36. The van der Waals surface area contributed by atoms with Gasteiger partial charge in [-0.2, -0.15) is 0 Å². The summed E-state index contributed by atoms with van der Waals surface area (Å²) in [5, 5.41) is 6.74. The highest BCUT2D eigenvalue weighted by atomic mass is 35.5. The van der Waals surface area contributed by atoms with Gasteiger partial charge in [0, 0.05) is 64.1 Å². The number of pyridine rings is 2. The minimum Gasteiger partial charge on any atom is -0.494 e. The molecular weight excluding hydrogens is 909 g/mol. The number of amides is 2. The number of benzene rings is 2. The molecule has 0 fully saturated rings. The number of rotatable bonds is 15. The molecule has 0 radical (unpaired) electrons. The molecule has 0 bridgehead atoms. The average molecular weight is 952 g/mol. The van der Waals surface area contributed by atoms with E-state index in [0.29, 0.717) is 57.0 Å². The van der Waals surface area contributed by atoms with Crippen LogP contribution in [0.4, 0.5) is 43.4 Å². The van der Waals surface area contributed by atoms with Crippen molar-refractivity contribution in [1.29, 1.82) is 0 Å². The van der Waals surface area contributed by atoms with Crippen LogP contribution in [-0.4, -0.2) is 109 Å². The van der Waals surface area contributed by atoms with Crippen molar-refractivity contribution >= 4 is 81.0 Å². The molecule has 22 heteroatoms. The third-order valence-corrected chi connectivity index (χ3v) is 12.0. The molecule has 2 atom stereocenters. The monoisotopic (exact) mass is 950 g/mol. The van der Waals surface area contributed by atoms with E-state index in [1.165, 1.54) is 64.8 Å². The number of halogens is 4. The second-order valence-electron chi connectivity index (χ2n) is 15.5. The lowest BCUT2D eigenvalue weighted by molar-refractivity contribution is -0.135. The number of primary amides is 1. The van der Waals surface area contributed by atoms with Crippen LogP contribution in [0, 0.1) is 11.6 Å². The summed E-state index contributed by atoms with van der Waals surface area (Å²) in [6.07, 6.45) is 9.06. The van der Waals surface area contributed by atoms with E-state index in [2.05, 4.69) is 40.5 Å². The standard InChI is InChI=1S/C45H42Cl2F2N14O4/c1-45(42(50)65,61(5)25-13-15-31(35(19-25)67-7)56-44-54-21-27(47)37(58-44)33-23-52-40-29(49)11-9-17-63(33)40)38(41(64)59(2)3)60(4)24-12-14-30(34(18-24)66-6)55-43-53-20-26(46)36(57-43)32-22-51-39-28(48)10-8-16-62(32)39/h8-23,38H,1-7H3,(H2,50,65)(H,53,55,57)(H,54,56,58). The van der Waals surface area contributed by atoms with Gasteiger partial charge < -0.3 is 40.5 Å². The van der Waals surface area contributed by atoms with E-state index in [9.17, 15) is 18.4 Å². The van der Waals surface area contributed by atoms with Crippen LogP contribution in [0.3, 0.4) is 0 Å². The molecule has 0 saturated carbocycles. The van der Waals surface area contributed by atoms with Gasteiger partial charge in [-0.15, -0.1) is 0 Å². The quantitative estimate of drug-likeness (QED) is 0.0928.